The van der Waals surface area contributed by atoms with E-state index in [1.54, 1.807) is 23.4 Å². The van der Waals surface area contributed by atoms with Crippen LogP contribution in [0.5, 0.6) is 0 Å². The fourth-order valence-electron chi connectivity index (χ4n) is 3.36. The zero-order valence-electron chi connectivity index (χ0n) is 15.4. The first kappa shape index (κ1) is 18.0. The number of piperidine rings is 1. The van der Waals surface area contributed by atoms with Gasteiger partial charge in [0.25, 0.3) is 5.91 Å². The minimum atomic E-state index is -0.307. The molecule has 1 fully saturated rings. The quantitative estimate of drug-likeness (QED) is 0.730. The minimum Gasteiger partial charge on any atom is -0.445 e. The second-order valence-electron chi connectivity index (χ2n) is 6.91. The molecule has 0 atom stereocenters. The molecule has 7 nitrogen and oxygen atoms in total. The maximum absolute atomic E-state index is 12.5. The molecular formula is C21H22N4O3. The molecule has 1 aliphatic heterocycles. The molecular weight excluding hydrogens is 356 g/mol. The van der Waals surface area contributed by atoms with E-state index in [1.807, 2.05) is 36.4 Å². The molecule has 2 amide bonds. The van der Waals surface area contributed by atoms with E-state index in [-0.39, 0.29) is 24.6 Å². The normalized spacial score (nSPS) is 14.8. The van der Waals surface area contributed by atoms with Gasteiger partial charge in [-0.05, 0) is 36.6 Å². The largest absolute Gasteiger partial charge is 0.445 e. The molecule has 0 unspecified atom stereocenters. The Labute approximate surface area is 162 Å². The lowest BCUT2D eigenvalue weighted by molar-refractivity contribution is 0.0809. The smallest absolute Gasteiger partial charge is 0.410 e. The molecule has 0 bridgehead atoms. The number of likely N-dealkylation sites (tertiary alicyclic amines) is 1. The number of carbonyl (C=O) groups is 2. The summed E-state index contributed by atoms with van der Waals surface area (Å²) in [6.07, 6.45) is 2.72. The highest BCUT2D eigenvalue weighted by Crippen LogP contribution is 2.15. The zero-order valence-corrected chi connectivity index (χ0v) is 15.4. The summed E-state index contributed by atoms with van der Waals surface area (Å²) >= 11 is 0. The Morgan fingerprint density at radius 3 is 2.71 bits per heavy atom. The van der Waals surface area contributed by atoms with Crippen molar-refractivity contribution in [2.24, 2.45) is 0 Å². The minimum absolute atomic E-state index is 0.0446. The Kier molecular flexibility index (Phi) is 5.23. The molecule has 1 saturated heterocycles. The van der Waals surface area contributed by atoms with E-state index < -0.39 is 0 Å². The molecule has 4 rings (SSSR count). The maximum atomic E-state index is 12.5. The molecule has 0 aliphatic carbocycles. The fourth-order valence-corrected chi connectivity index (χ4v) is 3.36. The van der Waals surface area contributed by atoms with E-state index in [4.69, 9.17) is 4.74 Å². The number of hydrogen-bond acceptors (Lipinski definition) is 4. The van der Waals surface area contributed by atoms with Crippen LogP contribution < -0.4 is 5.32 Å². The van der Waals surface area contributed by atoms with Gasteiger partial charge in [0.1, 0.15) is 6.61 Å². The summed E-state index contributed by atoms with van der Waals surface area (Å²) in [6.45, 7) is 1.41. The Balaban J connectivity index is 1.25. The van der Waals surface area contributed by atoms with Gasteiger partial charge >= 0.3 is 6.09 Å². The lowest BCUT2D eigenvalue weighted by Crippen LogP contribution is -2.46. The molecule has 28 heavy (non-hydrogen) atoms. The van der Waals surface area contributed by atoms with Gasteiger partial charge in [-0.2, -0.15) is 0 Å². The Morgan fingerprint density at radius 1 is 1.14 bits per heavy atom. The van der Waals surface area contributed by atoms with Crippen LogP contribution in [0.3, 0.4) is 0 Å². The van der Waals surface area contributed by atoms with E-state index in [0.29, 0.717) is 31.5 Å². The number of carbonyl (C=O) groups excluding carboxylic acids is 2. The van der Waals surface area contributed by atoms with E-state index in [0.717, 1.165) is 16.6 Å². The molecule has 7 heteroatoms. The van der Waals surface area contributed by atoms with E-state index in [1.165, 1.54) is 0 Å². The molecule has 2 aromatic carbocycles. The number of nitrogens with zero attached hydrogens (tertiary/aromatic N) is 2. The number of aromatic amines is 1. The highest BCUT2D eigenvalue weighted by atomic mass is 16.6. The average Bonchev–Trinajstić information content (AvgIpc) is 3.21. The molecule has 2 N–H and O–H groups in total. The summed E-state index contributed by atoms with van der Waals surface area (Å²) in [5.41, 5.74) is 3.23. The number of benzene rings is 2. The van der Waals surface area contributed by atoms with Crippen molar-refractivity contribution in [1.82, 2.24) is 20.2 Å². The summed E-state index contributed by atoms with van der Waals surface area (Å²) in [5, 5.41) is 3.06. The summed E-state index contributed by atoms with van der Waals surface area (Å²) < 4.78 is 5.38. The standard InChI is InChI=1S/C21H22N4O3/c26-20(16-6-7-18-19(12-16)23-14-22-18)24-17-8-10-25(11-9-17)21(27)28-13-15-4-2-1-3-5-15/h1-7,12,14,17H,8-11,13H2,(H,22,23)(H,24,26). The van der Waals surface area contributed by atoms with Crippen LogP contribution in [0.25, 0.3) is 11.0 Å². The molecule has 2 heterocycles. The first-order valence-corrected chi connectivity index (χ1v) is 9.39. The van der Waals surface area contributed by atoms with E-state index in [2.05, 4.69) is 15.3 Å². The predicted octanol–water partition coefficient (Wildman–Crippen LogP) is 3.09. The van der Waals surface area contributed by atoms with Crippen LogP contribution in [-0.2, 0) is 11.3 Å². The van der Waals surface area contributed by atoms with E-state index in [9.17, 15) is 9.59 Å². The molecule has 0 radical (unpaired) electrons. The number of nitrogens with one attached hydrogen (secondary N) is 2. The molecule has 3 aromatic rings. The number of hydrogen-bond donors (Lipinski definition) is 2. The van der Waals surface area contributed by atoms with Gasteiger partial charge in [0, 0.05) is 24.7 Å². The van der Waals surface area contributed by atoms with Crippen LogP contribution >= 0.6 is 0 Å². The lowest BCUT2D eigenvalue weighted by atomic mass is 10.0. The van der Waals surface area contributed by atoms with Crippen molar-refractivity contribution in [1.29, 1.82) is 0 Å². The van der Waals surface area contributed by atoms with Gasteiger partial charge in [-0.1, -0.05) is 30.3 Å². The summed E-state index contributed by atoms with van der Waals surface area (Å²) in [7, 11) is 0. The van der Waals surface area contributed by atoms with Gasteiger partial charge in [0.2, 0.25) is 0 Å². The molecule has 144 valence electrons. The van der Waals surface area contributed by atoms with E-state index >= 15 is 0 Å². The van der Waals surface area contributed by atoms with Crippen LogP contribution in [0.4, 0.5) is 4.79 Å². The number of fused-ring (bicyclic) bond motifs is 1. The van der Waals surface area contributed by atoms with Crippen LogP contribution in [0, 0.1) is 0 Å². The van der Waals surface area contributed by atoms with Crippen LogP contribution in [0.15, 0.2) is 54.9 Å². The van der Waals surface area contributed by atoms with Crippen LogP contribution in [0.1, 0.15) is 28.8 Å². The SMILES string of the molecule is O=C(NC1CCN(C(=O)OCc2ccccc2)CC1)c1ccc2nc[nH]c2c1. The first-order valence-electron chi connectivity index (χ1n) is 9.39. The lowest BCUT2D eigenvalue weighted by Gasteiger charge is -2.31. The molecule has 1 aliphatic rings. The number of imidazole rings is 1. The van der Waals surface area contributed by atoms with Crippen molar-refractivity contribution in [3.63, 3.8) is 0 Å². The zero-order chi connectivity index (χ0) is 19.3. The van der Waals surface area contributed by atoms with Crippen molar-refractivity contribution >= 4 is 23.0 Å². The van der Waals surface area contributed by atoms with Gasteiger partial charge < -0.3 is 19.9 Å². The van der Waals surface area contributed by atoms with Gasteiger partial charge in [-0.3, -0.25) is 4.79 Å². The Hall–Kier alpha value is -3.35. The maximum Gasteiger partial charge on any atom is 0.410 e. The predicted molar refractivity (Wildman–Crippen MR) is 105 cm³/mol. The third kappa shape index (κ3) is 4.14. The molecule has 1 aromatic heterocycles. The monoisotopic (exact) mass is 378 g/mol. The van der Waals surface area contributed by atoms with Crippen LogP contribution in [0.2, 0.25) is 0 Å². The third-order valence-electron chi connectivity index (χ3n) is 4.98. The molecule has 0 spiro atoms. The third-order valence-corrected chi connectivity index (χ3v) is 4.98. The van der Waals surface area contributed by atoms with Gasteiger partial charge in [-0.15, -0.1) is 0 Å². The number of rotatable bonds is 4. The topological polar surface area (TPSA) is 87.3 Å². The summed E-state index contributed by atoms with van der Waals surface area (Å²) in [4.78, 5) is 33.6. The summed E-state index contributed by atoms with van der Waals surface area (Å²) in [5.74, 6) is -0.110. The fraction of sp³-hybridized carbons (Fsp3) is 0.286. The van der Waals surface area contributed by atoms with Crippen LogP contribution in [-0.4, -0.2) is 46.0 Å². The average molecular weight is 378 g/mol. The van der Waals surface area contributed by atoms with Crippen molar-refractivity contribution in [2.45, 2.75) is 25.5 Å². The van der Waals surface area contributed by atoms with Crippen molar-refractivity contribution in [3.8, 4) is 0 Å². The first-order chi connectivity index (χ1) is 13.7. The second-order valence-corrected chi connectivity index (χ2v) is 6.91. The molecule has 0 saturated carbocycles. The Morgan fingerprint density at radius 2 is 1.93 bits per heavy atom. The Bertz CT molecular complexity index is 962. The number of ether oxygens (including phenoxy) is 1. The second kappa shape index (κ2) is 8.12. The van der Waals surface area contributed by atoms with Crippen molar-refractivity contribution < 1.29 is 14.3 Å². The van der Waals surface area contributed by atoms with Gasteiger partial charge in [0.05, 0.1) is 17.4 Å². The number of aromatic nitrogens is 2. The number of H-pyrrole nitrogens is 1. The van der Waals surface area contributed by atoms with Gasteiger partial charge in [0.15, 0.2) is 0 Å². The van der Waals surface area contributed by atoms with Crippen molar-refractivity contribution in [3.05, 3.63) is 66.0 Å². The summed E-state index contributed by atoms with van der Waals surface area (Å²) in [6, 6.07) is 15.1. The van der Waals surface area contributed by atoms with Crippen molar-refractivity contribution in [2.75, 3.05) is 13.1 Å². The highest BCUT2D eigenvalue weighted by molar-refractivity contribution is 5.97. The number of amides is 2. The highest BCUT2D eigenvalue weighted by Gasteiger charge is 2.25. The van der Waals surface area contributed by atoms with Gasteiger partial charge in [-0.25, -0.2) is 9.78 Å².